The van der Waals surface area contributed by atoms with Gasteiger partial charge in [-0.05, 0) is 37.6 Å². The minimum Gasteiger partial charge on any atom is -0.492 e. The highest BCUT2D eigenvalue weighted by atomic mass is 35.5. The van der Waals surface area contributed by atoms with Crippen molar-refractivity contribution < 1.29 is 9.84 Å². The van der Waals surface area contributed by atoms with E-state index in [1.54, 1.807) is 12.2 Å². The van der Waals surface area contributed by atoms with E-state index in [1.807, 2.05) is 38.1 Å². The van der Waals surface area contributed by atoms with Gasteiger partial charge in [-0.1, -0.05) is 12.1 Å². The van der Waals surface area contributed by atoms with Gasteiger partial charge in [-0.2, -0.15) is 0 Å². The van der Waals surface area contributed by atoms with Crippen LogP contribution in [0.15, 0.2) is 52.9 Å². The molecule has 0 fully saturated rings. The summed E-state index contributed by atoms with van der Waals surface area (Å²) in [4.78, 5) is 4.54. The number of halogens is 2. The number of hydrogen-bond donors (Lipinski definition) is 4. The molecule has 1 aliphatic carbocycles. The molecule has 0 amide bonds. The molecule has 0 aromatic heterocycles. The van der Waals surface area contributed by atoms with Crippen molar-refractivity contribution in [2.24, 2.45) is 10.7 Å². The third-order valence-electron chi connectivity index (χ3n) is 3.63. The Morgan fingerprint density at radius 2 is 1.88 bits per heavy atom. The number of hydrogen-bond acceptors (Lipinski definition) is 6. The number of allylic oxidation sites excluding steroid dienone is 2. The van der Waals surface area contributed by atoms with E-state index in [9.17, 15) is 0 Å². The molecule has 0 saturated carbocycles. The van der Waals surface area contributed by atoms with E-state index < -0.39 is 0 Å². The van der Waals surface area contributed by atoms with E-state index in [4.69, 9.17) is 21.0 Å². The zero-order chi connectivity index (χ0) is 17.5. The topological polar surface area (TPSA) is 104 Å². The van der Waals surface area contributed by atoms with Gasteiger partial charge in [0.25, 0.3) is 0 Å². The van der Waals surface area contributed by atoms with Crippen LogP contribution in [-0.4, -0.2) is 36.3 Å². The van der Waals surface area contributed by atoms with Crippen molar-refractivity contribution >= 4 is 41.9 Å². The SMILES string of the molecule is CCOC1=CC(=Nc2ccc(C(C)NCCO)cc2)C(N)=CC1=N.Cl.Cl. The van der Waals surface area contributed by atoms with E-state index >= 15 is 0 Å². The Morgan fingerprint density at radius 1 is 1.23 bits per heavy atom. The van der Waals surface area contributed by atoms with Crippen LogP contribution in [0.5, 0.6) is 0 Å². The van der Waals surface area contributed by atoms with Gasteiger partial charge < -0.3 is 20.9 Å². The van der Waals surface area contributed by atoms with Crippen LogP contribution in [0.2, 0.25) is 0 Å². The summed E-state index contributed by atoms with van der Waals surface area (Å²) in [5.41, 5.74) is 9.16. The number of ether oxygens (including phenoxy) is 1. The van der Waals surface area contributed by atoms with Crippen molar-refractivity contribution in [1.82, 2.24) is 5.32 Å². The molecule has 6 nitrogen and oxygen atoms in total. The molecule has 1 aromatic rings. The van der Waals surface area contributed by atoms with Crippen molar-refractivity contribution in [2.45, 2.75) is 19.9 Å². The first-order valence-corrected chi connectivity index (χ1v) is 7.99. The van der Waals surface area contributed by atoms with Gasteiger partial charge in [-0.15, -0.1) is 24.8 Å². The fraction of sp³-hybridized carbons (Fsp3) is 0.333. The lowest BCUT2D eigenvalue weighted by molar-refractivity contribution is 0.250. The monoisotopic (exact) mass is 400 g/mol. The molecule has 1 aliphatic rings. The van der Waals surface area contributed by atoms with Gasteiger partial charge in [0.2, 0.25) is 0 Å². The quantitative estimate of drug-likeness (QED) is 0.527. The number of nitrogens with zero attached hydrogens (tertiary/aromatic N) is 1. The number of nitrogens with two attached hydrogens (primary N) is 1. The summed E-state index contributed by atoms with van der Waals surface area (Å²) in [5.74, 6) is 0.476. The average molecular weight is 401 g/mol. The minimum absolute atomic E-state index is 0. The lowest BCUT2D eigenvalue weighted by atomic mass is 10.1. The number of aliphatic hydroxyl groups is 1. The number of aliphatic hydroxyl groups excluding tert-OH is 1. The second-order valence-electron chi connectivity index (χ2n) is 5.44. The lowest BCUT2D eigenvalue weighted by Gasteiger charge is -2.15. The van der Waals surface area contributed by atoms with Crippen molar-refractivity contribution in [1.29, 1.82) is 5.41 Å². The smallest absolute Gasteiger partial charge is 0.146 e. The first kappa shape index (κ1) is 24.1. The van der Waals surface area contributed by atoms with Crippen molar-refractivity contribution in [3.63, 3.8) is 0 Å². The van der Waals surface area contributed by atoms with E-state index in [2.05, 4.69) is 10.3 Å². The number of benzene rings is 1. The van der Waals surface area contributed by atoms with Gasteiger partial charge in [-0.3, -0.25) is 5.41 Å². The number of nitrogens with one attached hydrogen (secondary N) is 2. The van der Waals surface area contributed by atoms with Crippen LogP contribution < -0.4 is 11.1 Å². The van der Waals surface area contributed by atoms with Crippen LogP contribution in [0.25, 0.3) is 0 Å². The maximum Gasteiger partial charge on any atom is 0.146 e. The average Bonchev–Trinajstić information content (AvgIpc) is 2.57. The molecule has 0 heterocycles. The van der Waals surface area contributed by atoms with Gasteiger partial charge in [-0.25, -0.2) is 4.99 Å². The summed E-state index contributed by atoms with van der Waals surface area (Å²) in [5, 5.41) is 19.9. The van der Waals surface area contributed by atoms with E-state index in [1.165, 1.54) is 0 Å². The summed E-state index contributed by atoms with van der Waals surface area (Å²) >= 11 is 0. The summed E-state index contributed by atoms with van der Waals surface area (Å²) in [6, 6.07) is 7.98. The third-order valence-corrected chi connectivity index (χ3v) is 3.63. The molecular formula is C18H26Cl2N4O2. The van der Waals surface area contributed by atoms with Gasteiger partial charge in [0.1, 0.15) is 5.76 Å². The van der Waals surface area contributed by atoms with Crippen LogP contribution in [-0.2, 0) is 4.74 Å². The van der Waals surface area contributed by atoms with Crippen LogP contribution in [0.4, 0.5) is 5.69 Å². The number of aliphatic imine (C=N–C) groups is 1. The number of rotatable bonds is 7. The molecule has 0 saturated heterocycles. The highest BCUT2D eigenvalue weighted by Gasteiger charge is 2.15. The van der Waals surface area contributed by atoms with Crippen molar-refractivity contribution in [3.05, 3.63) is 53.4 Å². The molecule has 1 atom stereocenters. The highest BCUT2D eigenvalue weighted by Crippen LogP contribution is 2.20. The predicted molar refractivity (Wildman–Crippen MR) is 111 cm³/mol. The van der Waals surface area contributed by atoms with Gasteiger partial charge in [0.05, 0.1) is 36.0 Å². The maximum atomic E-state index is 8.86. The molecule has 0 spiro atoms. The standard InChI is InChI=1S/C18H24N4O2.2ClH/c1-3-24-18-11-17(15(19)10-16(18)20)22-14-6-4-13(5-7-14)12(2)21-8-9-23;;/h4-7,10-12,20-21,23H,3,8-9,19H2,1-2H3;2*1H. The van der Waals surface area contributed by atoms with E-state index in [0.29, 0.717) is 30.3 Å². The Balaban J connectivity index is 0.00000312. The molecule has 0 bridgehead atoms. The Morgan fingerprint density at radius 3 is 2.46 bits per heavy atom. The first-order valence-electron chi connectivity index (χ1n) is 7.99. The summed E-state index contributed by atoms with van der Waals surface area (Å²) in [7, 11) is 0. The maximum absolute atomic E-state index is 8.86. The Kier molecular flexibility index (Phi) is 10.9. The second kappa shape index (κ2) is 11.7. The van der Waals surface area contributed by atoms with Crippen molar-refractivity contribution in [3.8, 4) is 0 Å². The third kappa shape index (κ3) is 6.46. The molecule has 144 valence electrons. The zero-order valence-electron chi connectivity index (χ0n) is 14.9. The van der Waals surface area contributed by atoms with Gasteiger partial charge >= 0.3 is 0 Å². The fourth-order valence-electron chi connectivity index (χ4n) is 2.33. The van der Waals surface area contributed by atoms with Crippen LogP contribution >= 0.6 is 24.8 Å². The largest absolute Gasteiger partial charge is 0.492 e. The van der Waals surface area contributed by atoms with E-state index in [-0.39, 0.29) is 43.2 Å². The van der Waals surface area contributed by atoms with Crippen molar-refractivity contribution in [2.75, 3.05) is 19.8 Å². The molecule has 1 unspecified atom stereocenters. The lowest BCUT2D eigenvalue weighted by Crippen LogP contribution is -2.21. The highest BCUT2D eigenvalue weighted by molar-refractivity contribution is 6.22. The van der Waals surface area contributed by atoms with Gasteiger partial charge in [0.15, 0.2) is 0 Å². The first-order chi connectivity index (χ1) is 11.5. The Hall–Kier alpha value is -1.86. The fourth-order valence-corrected chi connectivity index (χ4v) is 2.33. The van der Waals surface area contributed by atoms with Crippen LogP contribution in [0.3, 0.4) is 0 Å². The van der Waals surface area contributed by atoms with Gasteiger partial charge in [0, 0.05) is 18.7 Å². The molecule has 0 radical (unpaired) electrons. The summed E-state index contributed by atoms with van der Waals surface area (Å²) in [6.07, 6.45) is 3.25. The zero-order valence-corrected chi connectivity index (χ0v) is 16.5. The van der Waals surface area contributed by atoms with Crippen LogP contribution in [0, 0.1) is 5.41 Å². The second-order valence-corrected chi connectivity index (χ2v) is 5.44. The van der Waals surface area contributed by atoms with E-state index in [0.717, 1.165) is 11.3 Å². The molecule has 2 rings (SSSR count). The summed E-state index contributed by atoms with van der Waals surface area (Å²) in [6.45, 7) is 5.08. The van der Waals surface area contributed by atoms with Crippen LogP contribution in [0.1, 0.15) is 25.5 Å². The minimum atomic E-state index is 0. The molecule has 5 N–H and O–H groups in total. The Labute approximate surface area is 166 Å². The Bertz CT molecular complexity index is 685. The molecular weight excluding hydrogens is 375 g/mol. The predicted octanol–water partition coefficient (Wildman–Crippen LogP) is 3.04. The molecule has 0 aliphatic heterocycles. The normalized spacial score (nSPS) is 16.1. The molecule has 8 heteroatoms. The molecule has 1 aromatic carbocycles. The summed E-state index contributed by atoms with van der Waals surface area (Å²) < 4.78 is 5.43. The molecule has 26 heavy (non-hydrogen) atoms.